The van der Waals surface area contributed by atoms with Crippen molar-refractivity contribution in [1.82, 2.24) is 9.88 Å². The van der Waals surface area contributed by atoms with Gasteiger partial charge in [0.2, 0.25) is 0 Å². The van der Waals surface area contributed by atoms with Crippen LogP contribution in [-0.2, 0) is 13.0 Å². The number of carbonyl (C=O) groups excluding carboxylic acids is 1. The molecule has 0 atom stereocenters. The maximum atomic E-state index is 12.4. The van der Waals surface area contributed by atoms with Gasteiger partial charge in [-0.1, -0.05) is 19.1 Å². The smallest absolute Gasteiger partial charge is 0.252 e. The average molecular weight is 481 g/mol. The second kappa shape index (κ2) is 11.0. The van der Waals surface area contributed by atoms with Gasteiger partial charge in [0.05, 0.1) is 30.0 Å². The molecule has 0 aliphatic carbocycles. The van der Waals surface area contributed by atoms with Crippen molar-refractivity contribution < 1.29 is 14.3 Å². The summed E-state index contributed by atoms with van der Waals surface area (Å²) < 4.78 is 11.6. The molecular formula is C26H32N4O3S. The molecule has 0 spiro atoms. The lowest BCUT2D eigenvalue weighted by Crippen LogP contribution is -2.20. The van der Waals surface area contributed by atoms with Crippen LogP contribution >= 0.6 is 11.8 Å². The summed E-state index contributed by atoms with van der Waals surface area (Å²) >= 11 is 1.97. The Kier molecular flexibility index (Phi) is 7.80. The second-order valence-corrected chi connectivity index (χ2v) is 9.18. The molecule has 7 nitrogen and oxygen atoms in total. The zero-order chi connectivity index (χ0) is 24.1. The van der Waals surface area contributed by atoms with E-state index in [1.807, 2.05) is 37.7 Å². The first-order valence-electron chi connectivity index (χ1n) is 11.8. The molecule has 1 fully saturated rings. The van der Waals surface area contributed by atoms with Crippen molar-refractivity contribution in [2.45, 2.75) is 33.7 Å². The third-order valence-electron chi connectivity index (χ3n) is 5.90. The molecular weight excluding hydrogens is 448 g/mol. The lowest BCUT2D eigenvalue weighted by Gasteiger charge is -2.21. The van der Waals surface area contributed by atoms with E-state index in [1.54, 1.807) is 0 Å². The molecule has 1 amide bonds. The summed E-state index contributed by atoms with van der Waals surface area (Å²) in [6.45, 7) is 9.04. The van der Waals surface area contributed by atoms with Crippen LogP contribution in [0.2, 0.25) is 0 Å². The van der Waals surface area contributed by atoms with Crippen LogP contribution in [0.3, 0.4) is 0 Å². The molecule has 1 aliphatic rings. The fourth-order valence-corrected chi connectivity index (χ4v) is 5.32. The number of ether oxygens (including phenoxy) is 2. The summed E-state index contributed by atoms with van der Waals surface area (Å²) in [5.74, 6) is 2.94. The highest BCUT2D eigenvalue weighted by Crippen LogP contribution is 2.38. The molecule has 180 valence electrons. The number of nitrogens with one attached hydrogen (secondary N) is 1. The maximum Gasteiger partial charge on any atom is 0.252 e. The second-order valence-electron chi connectivity index (χ2n) is 8.10. The van der Waals surface area contributed by atoms with Crippen LogP contribution in [0.1, 0.15) is 42.3 Å². The normalized spacial score (nSPS) is 13.9. The topological polar surface area (TPSA) is 89.7 Å². The highest BCUT2D eigenvalue weighted by Gasteiger charge is 2.20. The van der Waals surface area contributed by atoms with Crippen molar-refractivity contribution in [2.24, 2.45) is 5.73 Å². The van der Waals surface area contributed by atoms with Crippen molar-refractivity contribution in [3.8, 4) is 11.5 Å². The first kappa shape index (κ1) is 24.2. The van der Waals surface area contributed by atoms with Gasteiger partial charge in [-0.15, -0.1) is 11.8 Å². The Balaban J connectivity index is 1.82. The maximum absolute atomic E-state index is 12.4. The third-order valence-corrected chi connectivity index (χ3v) is 6.92. The van der Waals surface area contributed by atoms with Crippen molar-refractivity contribution in [2.75, 3.05) is 36.7 Å². The van der Waals surface area contributed by atoms with Gasteiger partial charge in [-0.2, -0.15) is 0 Å². The lowest BCUT2D eigenvalue weighted by atomic mass is 10.0. The zero-order valence-electron chi connectivity index (χ0n) is 20.0. The Morgan fingerprint density at radius 2 is 1.94 bits per heavy atom. The van der Waals surface area contributed by atoms with Crippen molar-refractivity contribution in [3.63, 3.8) is 0 Å². The van der Waals surface area contributed by atoms with Gasteiger partial charge in [0.1, 0.15) is 0 Å². The number of nitrogens with two attached hydrogens (primary N) is 1. The van der Waals surface area contributed by atoms with Gasteiger partial charge in [0.25, 0.3) is 5.91 Å². The van der Waals surface area contributed by atoms with Gasteiger partial charge >= 0.3 is 0 Å². The molecule has 0 radical (unpaired) electrons. The van der Waals surface area contributed by atoms with Gasteiger partial charge in [-0.25, -0.2) is 0 Å². The predicted molar refractivity (Wildman–Crippen MR) is 139 cm³/mol. The Bertz CT molecular complexity index is 1180. The minimum atomic E-state index is -0.535. The van der Waals surface area contributed by atoms with Crippen LogP contribution in [0.5, 0.6) is 11.5 Å². The number of benzene rings is 2. The summed E-state index contributed by atoms with van der Waals surface area (Å²) in [6.07, 6.45) is 2.40. The van der Waals surface area contributed by atoms with Gasteiger partial charge < -0.3 is 20.5 Å². The molecule has 8 heteroatoms. The molecule has 4 rings (SSSR count). The van der Waals surface area contributed by atoms with Crippen LogP contribution in [0, 0.1) is 0 Å². The number of nitrogens with zero attached hydrogens (tertiary/aromatic N) is 2. The van der Waals surface area contributed by atoms with E-state index in [1.165, 1.54) is 23.1 Å². The number of hydrogen-bond donors (Lipinski definition) is 2. The van der Waals surface area contributed by atoms with Gasteiger partial charge in [-0.05, 0) is 43.5 Å². The largest absolute Gasteiger partial charge is 0.490 e. The highest BCUT2D eigenvalue weighted by molar-refractivity contribution is 7.99. The fourth-order valence-electron chi connectivity index (χ4n) is 4.33. The van der Waals surface area contributed by atoms with Crippen LogP contribution in [0.4, 0.5) is 11.4 Å². The zero-order valence-corrected chi connectivity index (χ0v) is 20.8. The Morgan fingerprint density at radius 1 is 1.18 bits per heavy atom. The van der Waals surface area contributed by atoms with E-state index in [0.29, 0.717) is 41.5 Å². The number of rotatable bonds is 10. The van der Waals surface area contributed by atoms with Gasteiger partial charge in [-0.3, -0.25) is 14.7 Å². The van der Waals surface area contributed by atoms with Crippen molar-refractivity contribution >= 4 is 39.9 Å². The van der Waals surface area contributed by atoms with Crippen LogP contribution in [-0.4, -0.2) is 47.2 Å². The molecule has 3 aromatic rings. The number of pyridine rings is 1. The number of hydrogen-bond acceptors (Lipinski definition) is 7. The summed E-state index contributed by atoms with van der Waals surface area (Å²) in [6, 6.07) is 10.0. The average Bonchev–Trinajstić information content (AvgIpc) is 3.33. The Morgan fingerprint density at radius 3 is 2.59 bits per heavy atom. The molecule has 2 heterocycles. The molecule has 1 aromatic heterocycles. The van der Waals surface area contributed by atoms with Crippen LogP contribution in [0.15, 0.2) is 36.5 Å². The van der Waals surface area contributed by atoms with E-state index < -0.39 is 5.91 Å². The van der Waals surface area contributed by atoms with Gasteiger partial charge in [0.15, 0.2) is 11.5 Å². The first-order chi connectivity index (χ1) is 16.5. The van der Waals surface area contributed by atoms with E-state index in [-0.39, 0.29) is 0 Å². The molecule has 34 heavy (non-hydrogen) atoms. The Labute approximate surface area is 205 Å². The third kappa shape index (κ3) is 5.08. The fraction of sp³-hybridized carbons (Fsp3) is 0.385. The molecule has 0 unspecified atom stereocenters. The van der Waals surface area contributed by atoms with E-state index >= 15 is 0 Å². The van der Waals surface area contributed by atoms with Crippen LogP contribution in [0.25, 0.3) is 10.9 Å². The van der Waals surface area contributed by atoms with Crippen molar-refractivity contribution in [1.29, 1.82) is 0 Å². The molecule has 0 saturated carbocycles. The number of anilines is 2. The molecule has 1 aliphatic heterocycles. The summed E-state index contributed by atoms with van der Waals surface area (Å²) in [5, 5.41) is 4.30. The lowest BCUT2D eigenvalue weighted by molar-refractivity contribution is 0.100. The standard InChI is InChI=1S/C26H32N4O3S/c1-4-18-17(15-30-10-11-34-16-30)8-7-9-21(18)29-25-19-12-23(32-5-2)24(33-6-3)13-22(19)28-14-20(25)26(27)31/h7-9,12-14H,4-6,10-11,15-16H2,1-3H3,(H2,27,31)(H,28,29). The van der Waals surface area contributed by atoms with E-state index in [0.717, 1.165) is 36.5 Å². The van der Waals surface area contributed by atoms with Crippen molar-refractivity contribution in [3.05, 3.63) is 53.2 Å². The number of fused-ring (bicyclic) bond motifs is 1. The first-order valence-corrected chi connectivity index (χ1v) is 12.9. The SMILES string of the molecule is CCOc1cc2ncc(C(N)=O)c(Nc3cccc(CN4CCSC4)c3CC)c2cc1OCC. The van der Waals surface area contributed by atoms with Gasteiger partial charge in [0, 0.05) is 48.1 Å². The molecule has 0 bridgehead atoms. The summed E-state index contributed by atoms with van der Waals surface area (Å²) in [5.41, 5.74) is 10.9. The molecule has 2 aromatic carbocycles. The van der Waals surface area contributed by atoms with E-state index in [2.05, 4.69) is 40.3 Å². The molecule has 1 saturated heterocycles. The van der Waals surface area contributed by atoms with E-state index in [4.69, 9.17) is 15.2 Å². The molecule has 3 N–H and O–H groups in total. The minimum absolute atomic E-state index is 0.336. The predicted octanol–water partition coefficient (Wildman–Crippen LogP) is 4.94. The number of aromatic nitrogens is 1. The number of thioether (sulfide) groups is 1. The van der Waals surface area contributed by atoms with E-state index in [9.17, 15) is 4.79 Å². The van der Waals surface area contributed by atoms with Crippen LogP contribution < -0.4 is 20.5 Å². The minimum Gasteiger partial charge on any atom is -0.490 e. The summed E-state index contributed by atoms with van der Waals surface area (Å²) in [4.78, 5) is 19.3. The number of primary amides is 1. The summed E-state index contributed by atoms with van der Waals surface area (Å²) in [7, 11) is 0. The monoisotopic (exact) mass is 480 g/mol. The highest BCUT2D eigenvalue weighted by atomic mass is 32.2. The number of carbonyl (C=O) groups is 1. The number of amides is 1. The quantitative estimate of drug-likeness (QED) is 0.425. The Hall–Kier alpha value is -2.97.